The maximum atomic E-state index is 6.46. The molecule has 28 heavy (non-hydrogen) atoms. The van der Waals surface area contributed by atoms with E-state index < -0.39 is 0 Å². The average molecular weight is 401 g/mol. The number of halogens is 1. The fourth-order valence-corrected chi connectivity index (χ4v) is 5.18. The Bertz CT molecular complexity index is 746. The van der Waals surface area contributed by atoms with Gasteiger partial charge < -0.3 is 4.74 Å². The van der Waals surface area contributed by atoms with Crippen LogP contribution < -0.4 is 10.6 Å². The molecule has 0 bridgehead atoms. The van der Waals surface area contributed by atoms with Gasteiger partial charge in [-0.2, -0.15) is 0 Å². The van der Waals surface area contributed by atoms with Crippen LogP contribution in [0.25, 0.3) is 0 Å². The van der Waals surface area contributed by atoms with Crippen molar-refractivity contribution in [2.45, 2.75) is 56.9 Å². The Hall–Kier alpha value is -1.55. The van der Waals surface area contributed by atoms with E-state index in [1.165, 1.54) is 48.8 Å². The highest BCUT2D eigenvalue weighted by Crippen LogP contribution is 2.40. The molecule has 2 fully saturated rings. The summed E-state index contributed by atoms with van der Waals surface area (Å²) in [6.45, 7) is 0.968. The van der Waals surface area contributed by atoms with Gasteiger partial charge in [-0.05, 0) is 66.7 Å². The number of ether oxygens (including phenoxy) is 1. The molecule has 1 saturated carbocycles. The highest BCUT2D eigenvalue weighted by molar-refractivity contribution is 5.85. The van der Waals surface area contributed by atoms with Crippen LogP contribution in [0.2, 0.25) is 0 Å². The minimum atomic E-state index is 0. The van der Waals surface area contributed by atoms with Crippen LogP contribution in [-0.4, -0.2) is 18.7 Å². The molecule has 0 aromatic heterocycles. The summed E-state index contributed by atoms with van der Waals surface area (Å²) in [6, 6.07) is 17.9. The SMILES string of the molecule is COc1ccc(C2CCCC2)cc1C[C@H]1CCCN(N)[C@H]1c1ccccc1.Cl. The van der Waals surface area contributed by atoms with Crippen LogP contribution in [0.3, 0.4) is 0 Å². The summed E-state index contributed by atoms with van der Waals surface area (Å²) < 4.78 is 5.73. The molecule has 0 unspecified atom stereocenters. The van der Waals surface area contributed by atoms with E-state index in [1.807, 2.05) is 0 Å². The van der Waals surface area contributed by atoms with E-state index in [4.69, 9.17) is 10.6 Å². The van der Waals surface area contributed by atoms with E-state index in [-0.39, 0.29) is 18.4 Å². The molecule has 1 aliphatic carbocycles. The molecule has 0 amide bonds. The standard InChI is InChI=1S/C24H32N2O.ClH/c1-27-23-14-13-20(18-8-5-6-9-18)16-22(23)17-21-12-7-15-26(25)24(21)19-10-3-2-4-11-19;/h2-4,10-11,13-14,16,18,21,24H,5-9,12,15,17,25H2,1H3;1H/t21-,24+;/m1./s1. The van der Waals surface area contributed by atoms with Crippen LogP contribution in [0.1, 0.15) is 67.2 Å². The minimum Gasteiger partial charge on any atom is -0.496 e. The summed E-state index contributed by atoms with van der Waals surface area (Å²) in [6.07, 6.45) is 8.80. The highest BCUT2D eigenvalue weighted by atomic mass is 35.5. The van der Waals surface area contributed by atoms with Gasteiger partial charge in [-0.25, -0.2) is 5.01 Å². The monoisotopic (exact) mass is 400 g/mol. The van der Waals surface area contributed by atoms with Gasteiger partial charge in [0.25, 0.3) is 0 Å². The number of nitrogens with zero attached hydrogens (tertiary/aromatic N) is 1. The molecule has 1 aliphatic heterocycles. The van der Waals surface area contributed by atoms with Crippen molar-refractivity contribution >= 4 is 12.4 Å². The molecule has 3 nitrogen and oxygen atoms in total. The zero-order valence-corrected chi connectivity index (χ0v) is 17.7. The first-order chi connectivity index (χ1) is 13.3. The zero-order chi connectivity index (χ0) is 18.6. The van der Waals surface area contributed by atoms with Gasteiger partial charge in [0.1, 0.15) is 5.75 Å². The van der Waals surface area contributed by atoms with E-state index in [9.17, 15) is 0 Å². The van der Waals surface area contributed by atoms with E-state index in [0.29, 0.717) is 5.92 Å². The second-order valence-corrected chi connectivity index (χ2v) is 8.25. The molecule has 4 heteroatoms. The van der Waals surface area contributed by atoms with E-state index >= 15 is 0 Å². The van der Waals surface area contributed by atoms with Crippen molar-refractivity contribution in [1.29, 1.82) is 0 Å². The molecule has 4 rings (SSSR count). The Balaban J connectivity index is 0.00000225. The molecule has 2 aliphatic rings. The van der Waals surface area contributed by atoms with Crippen molar-refractivity contribution in [2.75, 3.05) is 13.7 Å². The molecule has 2 aromatic rings. The molecule has 152 valence electrons. The summed E-state index contributed by atoms with van der Waals surface area (Å²) >= 11 is 0. The van der Waals surface area contributed by atoms with Crippen molar-refractivity contribution in [2.24, 2.45) is 11.8 Å². The maximum absolute atomic E-state index is 6.46. The summed E-state index contributed by atoms with van der Waals surface area (Å²) in [7, 11) is 1.79. The predicted molar refractivity (Wildman–Crippen MR) is 118 cm³/mol. The molecule has 1 heterocycles. The number of methoxy groups -OCH3 is 1. The van der Waals surface area contributed by atoms with Crippen molar-refractivity contribution in [3.8, 4) is 5.75 Å². The number of piperidine rings is 1. The molecule has 2 aromatic carbocycles. The van der Waals surface area contributed by atoms with Gasteiger partial charge in [0.2, 0.25) is 0 Å². The quantitative estimate of drug-likeness (QED) is 0.659. The van der Waals surface area contributed by atoms with Gasteiger partial charge in [-0.3, -0.25) is 5.84 Å². The first kappa shape index (κ1) is 21.2. The lowest BCUT2D eigenvalue weighted by Gasteiger charge is -2.39. The van der Waals surface area contributed by atoms with Crippen molar-refractivity contribution in [3.05, 3.63) is 65.2 Å². The lowest BCUT2D eigenvalue weighted by atomic mass is 9.81. The Labute approximate surface area is 175 Å². The summed E-state index contributed by atoms with van der Waals surface area (Å²) in [5.41, 5.74) is 4.18. The van der Waals surface area contributed by atoms with Gasteiger partial charge in [0.05, 0.1) is 13.2 Å². The number of rotatable bonds is 5. The molecule has 0 radical (unpaired) electrons. The smallest absolute Gasteiger partial charge is 0.122 e. The first-order valence-electron chi connectivity index (χ1n) is 10.5. The third kappa shape index (κ3) is 4.53. The number of hydrogen-bond donors (Lipinski definition) is 1. The van der Waals surface area contributed by atoms with Crippen LogP contribution in [0.4, 0.5) is 0 Å². The van der Waals surface area contributed by atoms with Gasteiger partial charge in [-0.15, -0.1) is 12.4 Å². The molecule has 2 N–H and O–H groups in total. The van der Waals surface area contributed by atoms with Gasteiger partial charge in [0, 0.05) is 6.54 Å². The number of hydrogen-bond acceptors (Lipinski definition) is 3. The predicted octanol–water partition coefficient (Wildman–Crippen LogP) is 5.64. The Morgan fingerprint density at radius 2 is 1.71 bits per heavy atom. The average Bonchev–Trinajstić information content (AvgIpc) is 3.24. The topological polar surface area (TPSA) is 38.5 Å². The Morgan fingerprint density at radius 3 is 2.43 bits per heavy atom. The molecular formula is C24H33ClN2O. The fourth-order valence-electron chi connectivity index (χ4n) is 5.18. The summed E-state index contributed by atoms with van der Waals surface area (Å²) in [5, 5.41) is 2.05. The van der Waals surface area contributed by atoms with Gasteiger partial charge in [0.15, 0.2) is 0 Å². The van der Waals surface area contributed by atoms with Crippen LogP contribution in [-0.2, 0) is 6.42 Å². The first-order valence-corrected chi connectivity index (χ1v) is 10.5. The Kier molecular flexibility index (Phi) is 7.39. The van der Waals surface area contributed by atoms with Crippen LogP contribution in [0.15, 0.2) is 48.5 Å². The summed E-state index contributed by atoms with van der Waals surface area (Å²) in [4.78, 5) is 0. The van der Waals surface area contributed by atoms with E-state index in [0.717, 1.165) is 31.1 Å². The fraction of sp³-hybridized carbons (Fsp3) is 0.500. The highest BCUT2D eigenvalue weighted by Gasteiger charge is 2.32. The van der Waals surface area contributed by atoms with E-state index in [2.05, 4.69) is 53.5 Å². The third-order valence-corrected chi connectivity index (χ3v) is 6.55. The lowest BCUT2D eigenvalue weighted by molar-refractivity contribution is 0.0923. The maximum Gasteiger partial charge on any atom is 0.122 e. The minimum absolute atomic E-state index is 0. The zero-order valence-electron chi connectivity index (χ0n) is 16.8. The van der Waals surface area contributed by atoms with Crippen LogP contribution >= 0.6 is 12.4 Å². The number of hydrazine groups is 1. The Morgan fingerprint density at radius 1 is 0.964 bits per heavy atom. The third-order valence-electron chi connectivity index (χ3n) is 6.55. The van der Waals surface area contributed by atoms with Gasteiger partial charge >= 0.3 is 0 Å². The van der Waals surface area contributed by atoms with Crippen LogP contribution in [0, 0.1) is 5.92 Å². The van der Waals surface area contributed by atoms with E-state index in [1.54, 1.807) is 7.11 Å². The summed E-state index contributed by atoms with van der Waals surface area (Å²) in [5.74, 6) is 8.73. The molecule has 1 saturated heterocycles. The largest absolute Gasteiger partial charge is 0.496 e. The second-order valence-electron chi connectivity index (χ2n) is 8.25. The molecular weight excluding hydrogens is 368 g/mol. The van der Waals surface area contributed by atoms with Crippen molar-refractivity contribution < 1.29 is 4.74 Å². The number of nitrogens with two attached hydrogens (primary N) is 1. The molecule has 0 spiro atoms. The van der Waals surface area contributed by atoms with Crippen molar-refractivity contribution in [1.82, 2.24) is 5.01 Å². The normalized spacial score (nSPS) is 23.4. The van der Waals surface area contributed by atoms with Crippen molar-refractivity contribution in [3.63, 3.8) is 0 Å². The lowest BCUT2D eigenvalue weighted by Crippen LogP contribution is -2.44. The van der Waals surface area contributed by atoms with Crippen LogP contribution in [0.5, 0.6) is 5.75 Å². The van der Waals surface area contributed by atoms with Gasteiger partial charge in [-0.1, -0.05) is 55.3 Å². The number of benzene rings is 2. The second kappa shape index (κ2) is 9.78. The molecule has 2 atom stereocenters.